The van der Waals surface area contributed by atoms with Crippen molar-refractivity contribution in [1.29, 1.82) is 0 Å². The molecule has 13 heteroatoms. The Morgan fingerprint density at radius 1 is 0.875 bits per heavy atom. The molecule has 7 aliphatic rings. The van der Waals surface area contributed by atoms with Crippen LogP contribution in [0.4, 0.5) is 0 Å². The number of ketones is 1. The number of hydrogen-bond donors (Lipinski definition) is 3. The molecular formula is C35H46O13. The molecule has 264 valence electrons. The maximum atomic E-state index is 14.8. The van der Waals surface area contributed by atoms with Crippen LogP contribution in [0.25, 0.3) is 0 Å². The molecule has 5 aliphatic carbocycles. The van der Waals surface area contributed by atoms with Gasteiger partial charge in [-0.1, -0.05) is 27.7 Å². The topological polar surface area (TPSA) is 195 Å². The molecule has 7 rings (SSSR count). The van der Waals surface area contributed by atoms with Crippen LogP contribution in [0.1, 0.15) is 68.7 Å². The summed E-state index contributed by atoms with van der Waals surface area (Å²) >= 11 is 0. The van der Waals surface area contributed by atoms with Crippen LogP contribution in [0.3, 0.4) is 0 Å². The highest BCUT2D eigenvalue weighted by atomic mass is 16.6. The highest BCUT2D eigenvalue weighted by molar-refractivity contribution is 5.95. The van der Waals surface area contributed by atoms with E-state index in [1.165, 1.54) is 27.7 Å². The summed E-state index contributed by atoms with van der Waals surface area (Å²) < 4.78 is 29.5. The summed E-state index contributed by atoms with van der Waals surface area (Å²) in [4.78, 5) is 66.4. The number of esters is 4. The number of aliphatic hydroxyl groups is 3. The SMILES string of the molecule is CC(=O)O[C@@H]1[C@H]2[C@H]3[C@H]([C@H](C)[C@H](O)[C@]2(C)[C@@H]2[C@@H]1[C@]1(C)C(=C[C@H]2C)OC(=O)[C@@]1(C)O)[C@@]1(C)[C@@H](OC(C)=O)[C@H]2O[C@H]2C[C@]1(O)C(=O)[C@@H]3OC(C)=O. The molecule has 2 saturated heterocycles. The van der Waals surface area contributed by atoms with Gasteiger partial charge in [0.2, 0.25) is 5.78 Å². The van der Waals surface area contributed by atoms with Crippen LogP contribution in [0.5, 0.6) is 0 Å². The molecule has 2 heterocycles. The first-order chi connectivity index (χ1) is 22.1. The van der Waals surface area contributed by atoms with Gasteiger partial charge in [-0.15, -0.1) is 0 Å². The van der Waals surface area contributed by atoms with Gasteiger partial charge in [-0.3, -0.25) is 19.2 Å². The summed E-state index contributed by atoms with van der Waals surface area (Å²) in [7, 11) is 0. The van der Waals surface area contributed by atoms with Crippen molar-refractivity contribution in [2.75, 3.05) is 0 Å². The first-order valence-electron chi connectivity index (χ1n) is 16.9. The van der Waals surface area contributed by atoms with Gasteiger partial charge in [-0.25, -0.2) is 4.79 Å². The molecule has 48 heavy (non-hydrogen) atoms. The van der Waals surface area contributed by atoms with E-state index in [2.05, 4.69) is 0 Å². The second-order valence-electron chi connectivity index (χ2n) is 16.4. The molecule has 0 unspecified atom stereocenters. The van der Waals surface area contributed by atoms with Crippen LogP contribution >= 0.6 is 0 Å². The molecule has 18 atom stereocenters. The van der Waals surface area contributed by atoms with Gasteiger partial charge in [0.15, 0.2) is 11.7 Å². The Morgan fingerprint density at radius 2 is 1.48 bits per heavy atom. The lowest BCUT2D eigenvalue weighted by Crippen LogP contribution is -2.78. The number of fused-ring (bicyclic) bond motifs is 10. The van der Waals surface area contributed by atoms with E-state index in [4.69, 9.17) is 23.7 Å². The lowest BCUT2D eigenvalue weighted by Gasteiger charge is -2.67. The number of allylic oxidation sites excluding steroid dienone is 1. The van der Waals surface area contributed by atoms with Gasteiger partial charge < -0.3 is 39.0 Å². The first kappa shape index (κ1) is 33.6. The summed E-state index contributed by atoms with van der Waals surface area (Å²) in [5, 5.41) is 37.1. The van der Waals surface area contributed by atoms with Crippen molar-refractivity contribution in [3.8, 4) is 0 Å². The van der Waals surface area contributed by atoms with Gasteiger partial charge in [-0.05, 0) is 43.6 Å². The molecule has 0 amide bonds. The van der Waals surface area contributed by atoms with Gasteiger partial charge in [0.05, 0.1) is 17.6 Å². The number of carbonyl (C=O) groups is 5. The minimum atomic E-state index is -2.18. The zero-order valence-corrected chi connectivity index (χ0v) is 28.7. The first-order valence-corrected chi connectivity index (χ1v) is 16.9. The Balaban J connectivity index is 1.51. The van der Waals surface area contributed by atoms with Crippen LogP contribution < -0.4 is 0 Å². The van der Waals surface area contributed by atoms with Crippen molar-refractivity contribution in [2.24, 2.45) is 57.7 Å². The summed E-state index contributed by atoms with van der Waals surface area (Å²) in [6.07, 6.45) is -4.43. The second kappa shape index (κ2) is 9.88. The van der Waals surface area contributed by atoms with E-state index in [-0.39, 0.29) is 18.1 Å². The van der Waals surface area contributed by atoms with E-state index in [0.29, 0.717) is 0 Å². The number of rotatable bonds is 3. The minimum Gasteiger partial charge on any atom is -0.462 e. The summed E-state index contributed by atoms with van der Waals surface area (Å²) in [5.74, 6) is -8.59. The maximum Gasteiger partial charge on any atom is 0.343 e. The average Bonchev–Trinajstić information content (AvgIpc) is 3.64. The predicted molar refractivity (Wildman–Crippen MR) is 161 cm³/mol. The number of carbonyl (C=O) groups excluding carboxylic acids is 5. The van der Waals surface area contributed by atoms with Crippen molar-refractivity contribution in [2.45, 2.75) is 117 Å². The predicted octanol–water partition coefficient (Wildman–Crippen LogP) is 1.23. The van der Waals surface area contributed by atoms with Crippen molar-refractivity contribution in [1.82, 2.24) is 0 Å². The normalized spacial score (nSPS) is 55.8. The van der Waals surface area contributed by atoms with Crippen LogP contribution in [-0.2, 0) is 47.7 Å². The van der Waals surface area contributed by atoms with Crippen molar-refractivity contribution >= 4 is 29.7 Å². The Morgan fingerprint density at radius 3 is 2.06 bits per heavy atom. The molecule has 0 bridgehead atoms. The third-order valence-corrected chi connectivity index (χ3v) is 14.3. The van der Waals surface area contributed by atoms with Gasteiger partial charge in [0.25, 0.3) is 0 Å². The Hall–Kier alpha value is -2.87. The van der Waals surface area contributed by atoms with Crippen molar-refractivity contribution in [3.05, 3.63) is 11.8 Å². The molecular weight excluding hydrogens is 628 g/mol. The molecule has 0 aromatic rings. The number of aliphatic hydroxyl groups excluding tert-OH is 1. The van der Waals surface area contributed by atoms with Crippen molar-refractivity contribution in [3.63, 3.8) is 0 Å². The molecule has 0 aromatic heterocycles. The van der Waals surface area contributed by atoms with Crippen LogP contribution in [0.2, 0.25) is 0 Å². The lowest BCUT2D eigenvalue weighted by molar-refractivity contribution is -0.281. The van der Waals surface area contributed by atoms with Gasteiger partial charge >= 0.3 is 23.9 Å². The van der Waals surface area contributed by atoms with Crippen LogP contribution in [0.15, 0.2) is 11.8 Å². The fraction of sp³-hybridized carbons (Fsp3) is 0.800. The van der Waals surface area contributed by atoms with Gasteiger partial charge in [0, 0.05) is 55.8 Å². The van der Waals surface area contributed by atoms with Crippen LogP contribution in [-0.4, -0.2) is 92.8 Å². The highest BCUT2D eigenvalue weighted by Gasteiger charge is 2.85. The summed E-state index contributed by atoms with van der Waals surface area (Å²) in [6, 6.07) is 0. The zero-order chi connectivity index (χ0) is 35.4. The minimum absolute atomic E-state index is 0.125. The molecule has 3 N–H and O–H groups in total. The number of Topliss-reactive ketones (excluding diaryl/α,β-unsaturated/α-hetero) is 1. The monoisotopic (exact) mass is 674 g/mol. The van der Waals surface area contributed by atoms with E-state index in [9.17, 15) is 39.3 Å². The van der Waals surface area contributed by atoms with E-state index in [1.54, 1.807) is 19.9 Å². The Kier molecular flexibility index (Phi) is 6.92. The lowest BCUT2D eigenvalue weighted by atomic mass is 9.38. The number of epoxide rings is 1. The van der Waals surface area contributed by atoms with Crippen molar-refractivity contribution < 1.29 is 63.0 Å². The summed E-state index contributed by atoms with van der Waals surface area (Å²) in [5.41, 5.74) is -8.35. The molecule has 0 aromatic carbocycles. The molecule has 13 nitrogen and oxygen atoms in total. The molecule has 2 aliphatic heterocycles. The third kappa shape index (κ3) is 3.69. The second-order valence-corrected chi connectivity index (χ2v) is 16.4. The number of hydrogen-bond acceptors (Lipinski definition) is 13. The van der Waals surface area contributed by atoms with Crippen LogP contribution in [0, 0.1) is 57.7 Å². The summed E-state index contributed by atoms with van der Waals surface area (Å²) in [6.45, 7) is 13.9. The zero-order valence-electron chi connectivity index (χ0n) is 28.7. The molecule has 4 saturated carbocycles. The largest absolute Gasteiger partial charge is 0.462 e. The average molecular weight is 675 g/mol. The highest BCUT2D eigenvalue weighted by Crippen LogP contribution is 2.76. The molecule has 0 radical (unpaired) electrons. The smallest absolute Gasteiger partial charge is 0.343 e. The van der Waals surface area contributed by atoms with E-state index in [0.717, 1.165) is 0 Å². The van der Waals surface area contributed by atoms with E-state index < -0.39 is 129 Å². The fourth-order valence-electron chi connectivity index (χ4n) is 12.4. The quantitative estimate of drug-likeness (QED) is 0.220. The standard InChI is InChI=1S/C35H46O13/c1-12-10-18-32(7,34(9,42)30(41)48-18)23-20(12)31(6)22(26(23)45-15(4)37)19-21(13(2)27(31)39)33(8)29(46-16(5)38)24-17(47-24)11-35(33,43)28(40)25(19)44-14(3)36/h10,12-13,17,19-27,29,39,42-43H,11H2,1-9H3/t12-,13+,17+,19-,20+,21+,22-,23+,24+,25-,26-,27+,29+,31-,32+,33+,34-,35+/m1/s1. The maximum absolute atomic E-state index is 14.8. The third-order valence-electron chi connectivity index (χ3n) is 14.3. The molecule has 0 spiro atoms. The van der Waals surface area contributed by atoms with E-state index in [1.807, 2.05) is 20.8 Å². The molecule has 6 fully saturated rings. The van der Waals surface area contributed by atoms with Gasteiger partial charge in [-0.2, -0.15) is 0 Å². The number of ether oxygens (including phenoxy) is 5. The Bertz CT molecular complexity index is 1550. The van der Waals surface area contributed by atoms with Gasteiger partial charge in [0.1, 0.15) is 29.7 Å². The fourth-order valence-corrected chi connectivity index (χ4v) is 12.4. The Labute approximate surface area is 278 Å². The van der Waals surface area contributed by atoms with E-state index >= 15 is 0 Å².